The van der Waals surface area contributed by atoms with Crippen LogP contribution in [0.2, 0.25) is 0 Å². The zero-order valence-corrected chi connectivity index (χ0v) is 13.6. The van der Waals surface area contributed by atoms with Gasteiger partial charge in [0, 0.05) is 11.6 Å². The molecule has 1 aromatic heterocycles. The van der Waals surface area contributed by atoms with E-state index in [4.69, 9.17) is 0 Å². The molecule has 2 aromatic rings. The molecule has 84 valence electrons. The Morgan fingerprint density at radius 1 is 1.06 bits per heavy atom. The Morgan fingerprint density at radius 2 is 1.56 bits per heavy atom. The van der Waals surface area contributed by atoms with E-state index in [2.05, 4.69) is 50.8 Å². The van der Waals surface area contributed by atoms with Crippen LogP contribution in [-0.2, 0) is 4.57 Å². The van der Waals surface area contributed by atoms with Crippen molar-refractivity contribution in [1.29, 1.82) is 0 Å². The Morgan fingerprint density at radius 3 is 2.12 bits per heavy atom. The fraction of sp³-hybridized carbons (Fsp3) is 0. The van der Waals surface area contributed by atoms with Gasteiger partial charge in [0.15, 0.2) is 0 Å². The van der Waals surface area contributed by atoms with E-state index in [1.807, 2.05) is 30.5 Å². The van der Waals surface area contributed by atoms with Crippen LogP contribution in [0.15, 0.2) is 42.6 Å². The van der Waals surface area contributed by atoms with Crippen molar-refractivity contribution in [2.24, 2.45) is 0 Å². The van der Waals surface area contributed by atoms with E-state index in [1.54, 1.807) is 0 Å². The van der Waals surface area contributed by atoms with Crippen LogP contribution in [0.1, 0.15) is 2.85 Å². The molecule has 1 aromatic carbocycles. The number of para-hydroxylation sites is 1. The van der Waals surface area contributed by atoms with Gasteiger partial charge in [-0.3, -0.25) is 9.55 Å². The summed E-state index contributed by atoms with van der Waals surface area (Å²) in [6, 6.07) is 12.1. The number of hydrogen-bond donors (Lipinski definition) is 0. The molecule has 16 heavy (non-hydrogen) atoms. The summed E-state index contributed by atoms with van der Waals surface area (Å²) in [7, 11) is 0. The van der Waals surface area contributed by atoms with Crippen LogP contribution in [0.5, 0.6) is 0 Å². The second-order valence-electron chi connectivity index (χ2n) is 2.59. The van der Waals surface area contributed by atoms with Gasteiger partial charge in [-0.2, -0.15) is 0 Å². The molecule has 0 N–H and O–H groups in total. The van der Waals surface area contributed by atoms with Gasteiger partial charge in [-0.05, 0) is 45.9 Å². The summed E-state index contributed by atoms with van der Waals surface area (Å²) in [6.07, 6.45) is 1.81. The zero-order valence-electron chi connectivity index (χ0n) is 10.2. The quantitative estimate of drug-likeness (QED) is 0.510. The van der Waals surface area contributed by atoms with Crippen molar-refractivity contribution in [1.82, 2.24) is 4.98 Å². The summed E-state index contributed by atoms with van der Waals surface area (Å²) in [5.41, 5.74) is 1.06. The van der Waals surface area contributed by atoms with Gasteiger partial charge in [-0.25, -0.2) is 0 Å². The molecule has 0 saturated carbocycles. The van der Waals surface area contributed by atoms with Gasteiger partial charge in [-0.15, -0.1) is 0 Å². The summed E-state index contributed by atoms with van der Waals surface area (Å²) in [6.45, 7) is 0. The molecule has 0 radical (unpaired) electrons. The molecule has 0 saturated heterocycles. The van der Waals surface area contributed by atoms with Crippen LogP contribution in [0.3, 0.4) is 0 Å². The van der Waals surface area contributed by atoms with Crippen LogP contribution in [-0.4, -0.2) is 42.7 Å². The van der Waals surface area contributed by atoms with E-state index in [-0.39, 0.29) is 40.6 Å². The predicted molar refractivity (Wildman–Crippen MR) is 74.9 cm³/mol. The molecule has 0 amide bonds. The third-order valence-corrected chi connectivity index (χ3v) is 1.51. The third kappa shape index (κ3) is 8.14. The Labute approximate surface area is 141 Å². The molecule has 0 aliphatic carbocycles. The van der Waals surface area contributed by atoms with Crippen molar-refractivity contribution in [3.05, 3.63) is 42.6 Å². The van der Waals surface area contributed by atoms with Gasteiger partial charge in [0.1, 0.15) is 0 Å². The van der Waals surface area contributed by atoms with Gasteiger partial charge in [0.2, 0.25) is 0 Å². The smallest absolute Gasteiger partial charge is 1.00 e. The summed E-state index contributed by atoms with van der Waals surface area (Å²) in [4.78, 5) is 4.18. The summed E-state index contributed by atoms with van der Waals surface area (Å²) >= 11 is 13.8. The van der Waals surface area contributed by atoms with Gasteiger partial charge in [0.05, 0.1) is 5.52 Å². The first-order chi connectivity index (χ1) is 6.97. The molecule has 7 heteroatoms. The molecule has 0 aliphatic heterocycles. The van der Waals surface area contributed by atoms with Gasteiger partial charge >= 0.3 is 42.9 Å². The number of hydrogen-bond acceptors (Lipinski definition) is 2. The second-order valence-corrected chi connectivity index (χ2v) is 9.23. The number of benzene rings is 1. The fourth-order valence-electron chi connectivity index (χ4n) is 1.02. The number of aromatic nitrogens is 1. The van der Waals surface area contributed by atoms with E-state index in [0.29, 0.717) is 0 Å². The first-order valence-corrected chi connectivity index (χ1v) is 8.38. The minimum absolute atomic E-state index is 0. The van der Waals surface area contributed by atoms with Gasteiger partial charge in [0.25, 0.3) is 0 Å². The van der Waals surface area contributed by atoms with Crippen molar-refractivity contribution in [3.8, 4) is 0 Å². The minimum atomic E-state index is -3.22. The largest absolute Gasteiger partial charge is 2.00 e. The maximum Gasteiger partial charge on any atom is 2.00 e. The van der Waals surface area contributed by atoms with Crippen molar-refractivity contribution < 1.29 is 7.42 Å². The summed E-state index contributed by atoms with van der Waals surface area (Å²) < 4.78 is 9.51. The molecule has 1 heterocycles. The van der Waals surface area contributed by atoms with E-state index in [1.165, 1.54) is 5.39 Å². The molecular weight excluding hydrogens is 316 g/mol. The fourth-order valence-corrected chi connectivity index (χ4v) is 1.02. The van der Waals surface area contributed by atoms with Crippen molar-refractivity contribution in [2.75, 3.05) is 0 Å². The standard InChI is InChI=1S/C9H7N.Ca.Cl3OP.2H/c1-2-6-9-8(4-1)5-3-7-10-9;;1-5(2,3)4;;/h1-7H;;;;/q;+2;;2*-1. The molecule has 2 nitrogen and oxygen atoms in total. The molecule has 0 atom stereocenters. The monoisotopic (exact) mass is 323 g/mol. The topological polar surface area (TPSA) is 30.0 Å². The average molecular weight is 325 g/mol. The predicted octanol–water partition coefficient (Wildman–Crippen LogP) is 4.89. The van der Waals surface area contributed by atoms with E-state index in [9.17, 15) is 4.57 Å². The maximum absolute atomic E-state index is 9.51. The molecule has 0 aliphatic rings. The maximum atomic E-state index is 9.51. The number of halogens is 3. The van der Waals surface area contributed by atoms with E-state index in [0.717, 1.165) is 5.52 Å². The average Bonchev–Trinajstić information content (AvgIpc) is 2.16. The van der Waals surface area contributed by atoms with Crippen LogP contribution in [0, 0.1) is 0 Å². The van der Waals surface area contributed by atoms with E-state index < -0.39 is 5.20 Å². The molecule has 0 fully saturated rings. The first kappa shape index (κ1) is 17.0. The molecule has 0 unspecified atom stereocenters. The minimum Gasteiger partial charge on any atom is -1.00 e. The number of nitrogens with zero attached hydrogens (tertiary/aromatic N) is 1. The molecule has 0 bridgehead atoms. The van der Waals surface area contributed by atoms with Crippen molar-refractivity contribution >= 4 is 87.6 Å². The van der Waals surface area contributed by atoms with Crippen molar-refractivity contribution in [3.63, 3.8) is 0 Å². The number of fused-ring (bicyclic) bond motifs is 1. The third-order valence-electron chi connectivity index (χ3n) is 1.51. The van der Waals surface area contributed by atoms with Crippen molar-refractivity contribution in [2.45, 2.75) is 0 Å². The Kier molecular flexibility index (Phi) is 8.66. The SMILES string of the molecule is O=P(Cl)(Cl)Cl.[Ca+2].[H-].[H-].c1ccc2ncccc2c1. The Hall–Kier alpha value is 0.990. The van der Waals surface area contributed by atoms with Gasteiger partial charge < -0.3 is 2.85 Å². The van der Waals surface area contributed by atoms with Gasteiger partial charge in [-0.1, -0.05) is 24.3 Å². The summed E-state index contributed by atoms with van der Waals surface area (Å²) in [5.74, 6) is 0. The Balaban J connectivity index is -0.000000252. The van der Waals surface area contributed by atoms with Crippen LogP contribution in [0.4, 0.5) is 0 Å². The first-order valence-electron chi connectivity index (χ1n) is 3.95. The number of rotatable bonds is 0. The van der Waals surface area contributed by atoms with Crippen LogP contribution >= 0.6 is 38.9 Å². The molecule has 0 spiro atoms. The van der Waals surface area contributed by atoms with E-state index >= 15 is 0 Å². The normalized spacial score (nSPS) is 9.94. The van der Waals surface area contributed by atoms with Crippen LogP contribution in [0.25, 0.3) is 10.9 Å². The van der Waals surface area contributed by atoms with Crippen LogP contribution < -0.4 is 0 Å². The molecule has 2 rings (SSSR count). The number of pyridine rings is 1. The zero-order chi connectivity index (χ0) is 11.3. The summed E-state index contributed by atoms with van der Waals surface area (Å²) in [5, 5.41) is -2.02. The Bertz CT molecular complexity index is 426. The second kappa shape index (κ2) is 8.15. The molecular formula is C9H9CaCl3NOP.